The van der Waals surface area contributed by atoms with Gasteiger partial charge in [-0.25, -0.2) is 0 Å². The fourth-order valence-corrected chi connectivity index (χ4v) is 3.78. The minimum Gasteiger partial charge on any atom is -0.496 e. The number of nitrogens with zero attached hydrogens (tertiary/aromatic N) is 2. The van der Waals surface area contributed by atoms with Gasteiger partial charge in [0.1, 0.15) is 17.2 Å². The predicted octanol–water partition coefficient (Wildman–Crippen LogP) is 1.41. The Balaban J connectivity index is 1.81. The van der Waals surface area contributed by atoms with E-state index < -0.39 is 0 Å². The Hall–Kier alpha value is -2.68. The number of benzene rings is 1. The number of hydrogen-bond donors (Lipinski definition) is 3. The maximum Gasteiger partial charge on any atom is 0.234 e. The molecule has 1 saturated heterocycles. The van der Waals surface area contributed by atoms with Crippen LogP contribution in [-0.4, -0.2) is 83.9 Å². The van der Waals surface area contributed by atoms with Crippen molar-refractivity contribution >= 4 is 11.9 Å². The third-order valence-electron chi connectivity index (χ3n) is 5.58. The van der Waals surface area contributed by atoms with E-state index in [1.807, 2.05) is 12.1 Å². The summed E-state index contributed by atoms with van der Waals surface area (Å²) >= 11 is 0. The molecule has 0 aliphatic carbocycles. The SMILES string of the molecule is CCCNC(=O)CN1CCC(NC(=NC)NCCc2c(OC)cc(OC)cc2OC)CC1. The second-order valence-electron chi connectivity index (χ2n) is 7.80. The Morgan fingerprint density at radius 1 is 1.06 bits per heavy atom. The first-order valence-electron chi connectivity index (χ1n) is 11.3. The van der Waals surface area contributed by atoms with E-state index >= 15 is 0 Å². The average molecular weight is 450 g/mol. The molecule has 0 spiro atoms. The van der Waals surface area contributed by atoms with Gasteiger partial charge in [0.15, 0.2) is 5.96 Å². The van der Waals surface area contributed by atoms with Crippen LogP contribution in [0.15, 0.2) is 17.1 Å². The Morgan fingerprint density at radius 2 is 1.72 bits per heavy atom. The molecule has 0 unspecified atom stereocenters. The minimum atomic E-state index is 0.111. The van der Waals surface area contributed by atoms with Crippen molar-refractivity contribution < 1.29 is 19.0 Å². The van der Waals surface area contributed by atoms with E-state index in [1.54, 1.807) is 28.4 Å². The number of ether oxygens (including phenoxy) is 3. The van der Waals surface area contributed by atoms with Gasteiger partial charge < -0.3 is 30.2 Å². The second kappa shape index (κ2) is 13.7. The van der Waals surface area contributed by atoms with Gasteiger partial charge in [-0.3, -0.25) is 14.7 Å². The van der Waals surface area contributed by atoms with Crippen molar-refractivity contribution in [2.45, 2.75) is 38.6 Å². The molecule has 2 rings (SSSR count). The Kier molecular flexibility index (Phi) is 10.9. The van der Waals surface area contributed by atoms with Crippen LogP contribution in [-0.2, 0) is 11.2 Å². The minimum absolute atomic E-state index is 0.111. The van der Waals surface area contributed by atoms with Crippen LogP contribution in [0.2, 0.25) is 0 Å². The van der Waals surface area contributed by atoms with Crippen LogP contribution >= 0.6 is 0 Å². The number of carbonyl (C=O) groups is 1. The molecule has 9 heteroatoms. The molecule has 0 saturated carbocycles. The van der Waals surface area contributed by atoms with Crippen molar-refractivity contribution in [3.8, 4) is 17.2 Å². The molecule has 0 bridgehead atoms. The zero-order chi connectivity index (χ0) is 23.3. The first kappa shape index (κ1) is 25.6. The van der Waals surface area contributed by atoms with Crippen molar-refractivity contribution in [3.63, 3.8) is 0 Å². The van der Waals surface area contributed by atoms with Gasteiger partial charge in [-0.15, -0.1) is 0 Å². The highest BCUT2D eigenvalue weighted by molar-refractivity contribution is 5.80. The summed E-state index contributed by atoms with van der Waals surface area (Å²) in [6, 6.07) is 4.06. The lowest BCUT2D eigenvalue weighted by molar-refractivity contribution is -0.122. The third-order valence-corrected chi connectivity index (χ3v) is 5.58. The molecule has 3 N–H and O–H groups in total. The highest BCUT2D eigenvalue weighted by Crippen LogP contribution is 2.34. The maximum absolute atomic E-state index is 11.9. The number of hydrogen-bond acceptors (Lipinski definition) is 6. The van der Waals surface area contributed by atoms with E-state index in [1.165, 1.54) is 0 Å². The van der Waals surface area contributed by atoms with Gasteiger partial charge >= 0.3 is 0 Å². The summed E-state index contributed by atoms with van der Waals surface area (Å²) in [7, 11) is 6.69. The lowest BCUT2D eigenvalue weighted by Crippen LogP contribution is -2.50. The van der Waals surface area contributed by atoms with Gasteiger partial charge in [0.2, 0.25) is 5.91 Å². The van der Waals surface area contributed by atoms with E-state index in [0.29, 0.717) is 31.3 Å². The molecule has 1 aromatic rings. The van der Waals surface area contributed by atoms with Crippen LogP contribution in [0.25, 0.3) is 0 Å². The number of nitrogens with one attached hydrogen (secondary N) is 3. The number of guanidine groups is 1. The number of likely N-dealkylation sites (tertiary alicyclic amines) is 1. The maximum atomic E-state index is 11.9. The van der Waals surface area contributed by atoms with Crippen LogP contribution in [0, 0.1) is 0 Å². The molecule has 1 aliphatic rings. The number of methoxy groups -OCH3 is 3. The van der Waals surface area contributed by atoms with Gasteiger partial charge in [-0.2, -0.15) is 0 Å². The Labute approximate surface area is 191 Å². The Bertz CT molecular complexity index is 723. The molecule has 1 aliphatic heterocycles. The molecule has 1 heterocycles. The summed E-state index contributed by atoms with van der Waals surface area (Å²) in [5.74, 6) is 3.06. The van der Waals surface area contributed by atoms with E-state index in [0.717, 1.165) is 61.9 Å². The fourth-order valence-electron chi connectivity index (χ4n) is 3.78. The van der Waals surface area contributed by atoms with Crippen LogP contribution in [0.1, 0.15) is 31.7 Å². The molecule has 9 nitrogen and oxygen atoms in total. The Morgan fingerprint density at radius 3 is 2.25 bits per heavy atom. The standard InChI is InChI=1S/C23H39N5O4/c1-6-10-25-22(29)16-28-12-8-17(9-13-28)27-23(24-2)26-11-7-19-20(31-4)14-18(30-3)15-21(19)32-5/h14-15,17H,6-13,16H2,1-5H3,(H,25,29)(H2,24,26,27). The van der Waals surface area contributed by atoms with E-state index in [9.17, 15) is 4.79 Å². The summed E-state index contributed by atoms with van der Waals surface area (Å²) in [5.41, 5.74) is 0.980. The summed E-state index contributed by atoms with van der Waals surface area (Å²) in [6.07, 6.45) is 3.62. The van der Waals surface area contributed by atoms with Crippen molar-refractivity contribution in [2.24, 2.45) is 4.99 Å². The van der Waals surface area contributed by atoms with Crippen molar-refractivity contribution in [2.75, 3.05) is 61.1 Å². The van der Waals surface area contributed by atoms with E-state index in [2.05, 4.69) is 32.8 Å². The van der Waals surface area contributed by atoms with Crippen LogP contribution < -0.4 is 30.2 Å². The second-order valence-corrected chi connectivity index (χ2v) is 7.80. The molecule has 1 aromatic carbocycles. The largest absolute Gasteiger partial charge is 0.496 e. The van der Waals surface area contributed by atoms with Gasteiger partial charge in [0.25, 0.3) is 0 Å². The molecule has 1 amide bonds. The number of rotatable bonds is 11. The lowest BCUT2D eigenvalue weighted by atomic mass is 10.1. The monoisotopic (exact) mass is 449 g/mol. The summed E-state index contributed by atoms with van der Waals surface area (Å²) in [5, 5.41) is 9.83. The normalized spacial score (nSPS) is 15.2. The molecular weight excluding hydrogens is 410 g/mol. The highest BCUT2D eigenvalue weighted by atomic mass is 16.5. The van der Waals surface area contributed by atoms with Crippen molar-refractivity contribution in [1.82, 2.24) is 20.9 Å². The number of aliphatic imine (C=N–C) groups is 1. The molecule has 0 radical (unpaired) electrons. The first-order chi connectivity index (χ1) is 15.5. The molecule has 0 atom stereocenters. The van der Waals surface area contributed by atoms with Gasteiger partial charge in [0.05, 0.1) is 27.9 Å². The van der Waals surface area contributed by atoms with Crippen molar-refractivity contribution in [1.29, 1.82) is 0 Å². The molecule has 180 valence electrons. The fraction of sp³-hybridized carbons (Fsp3) is 0.652. The summed E-state index contributed by atoms with van der Waals surface area (Å²) in [4.78, 5) is 18.5. The number of carbonyl (C=O) groups excluding carboxylic acids is 1. The van der Waals surface area contributed by atoms with Gasteiger partial charge in [-0.1, -0.05) is 6.92 Å². The summed E-state index contributed by atoms with van der Waals surface area (Å²) < 4.78 is 16.4. The summed E-state index contributed by atoms with van der Waals surface area (Å²) in [6.45, 7) is 5.75. The van der Waals surface area contributed by atoms with Crippen LogP contribution in [0.4, 0.5) is 0 Å². The molecule has 0 aromatic heterocycles. The molecule has 1 fully saturated rings. The van der Waals surface area contributed by atoms with E-state index in [4.69, 9.17) is 14.2 Å². The number of amides is 1. The zero-order valence-corrected chi connectivity index (χ0v) is 20.1. The van der Waals surface area contributed by atoms with Gasteiger partial charge in [0, 0.05) is 57.0 Å². The number of piperidine rings is 1. The zero-order valence-electron chi connectivity index (χ0n) is 20.1. The topological polar surface area (TPSA) is 96.5 Å². The smallest absolute Gasteiger partial charge is 0.234 e. The van der Waals surface area contributed by atoms with E-state index in [-0.39, 0.29) is 5.91 Å². The highest BCUT2D eigenvalue weighted by Gasteiger charge is 2.21. The lowest BCUT2D eigenvalue weighted by Gasteiger charge is -2.32. The van der Waals surface area contributed by atoms with Gasteiger partial charge in [-0.05, 0) is 25.7 Å². The third kappa shape index (κ3) is 7.78. The van der Waals surface area contributed by atoms with Crippen LogP contribution in [0.5, 0.6) is 17.2 Å². The van der Waals surface area contributed by atoms with Crippen LogP contribution in [0.3, 0.4) is 0 Å². The molecular formula is C23H39N5O4. The average Bonchev–Trinajstić information content (AvgIpc) is 2.82. The predicted molar refractivity (Wildman–Crippen MR) is 127 cm³/mol. The first-order valence-corrected chi connectivity index (χ1v) is 11.3. The van der Waals surface area contributed by atoms with Crippen molar-refractivity contribution in [3.05, 3.63) is 17.7 Å². The molecule has 32 heavy (non-hydrogen) atoms. The quantitative estimate of drug-likeness (QED) is 0.347.